The Hall–Kier alpha value is -9.91. The van der Waals surface area contributed by atoms with Crippen molar-refractivity contribution in [2.24, 2.45) is 0 Å². The lowest BCUT2D eigenvalue weighted by atomic mass is 9.86. The van der Waals surface area contributed by atoms with Crippen LogP contribution in [0.5, 0.6) is 0 Å². The summed E-state index contributed by atoms with van der Waals surface area (Å²) in [6.45, 7) is 25.5. The summed E-state index contributed by atoms with van der Waals surface area (Å²) in [5.41, 5.74) is 16.0. The van der Waals surface area contributed by atoms with Gasteiger partial charge in [0.2, 0.25) is 0 Å². The van der Waals surface area contributed by atoms with Crippen molar-refractivity contribution in [2.45, 2.75) is 67.7 Å². The van der Waals surface area contributed by atoms with Crippen LogP contribution in [0.2, 0.25) is 0 Å². The van der Waals surface area contributed by atoms with Crippen molar-refractivity contribution in [1.82, 2.24) is 9.13 Å². The minimum Gasteiger partial charge on any atom is -0.310 e. The smallest absolute Gasteiger partial charge is 0.310 e. The van der Waals surface area contributed by atoms with Crippen LogP contribution >= 0.6 is 0 Å². The van der Waals surface area contributed by atoms with E-state index < -0.39 is 29.0 Å². The zero-order valence-electron chi connectivity index (χ0n) is 48.7. The molecule has 0 spiro atoms. The fourth-order valence-corrected chi connectivity index (χ4v) is 13.4. The highest BCUT2D eigenvalue weighted by Crippen LogP contribution is 2.53. The summed E-state index contributed by atoms with van der Waals surface area (Å²) >= 11 is 0. The molecule has 0 bridgehead atoms. The van der Waals surface area contributed by atoms with Crippen molar-refractivity contribution in [3.8, 4) is 78.1 Å². The summed E-state index contributed by atoms with van der Waals surface area (Å²) in [5.74, 6) is 0. The molecule has 0 fully saturated rings. The first-order valence-electron chi connectivity index (χ1n) is 28.6. The highest BCUT2D eigenvalue weighted by Gasteiger charge is 2.42. The second kappa shape index (κ2) is 20.7. The second-order valence-corrected chi connectivity index (χ2v) is 23.1. The number of rotatable bonds is 8. The van der Waals surface area contributed by atoms with Gasteiger partial charge in [-0.05, 0) is 201 Å². The van der Waals surface area contributed by atoms with Crippen LogP contribution in [-0.4, -0.2) is 9.13 Å². The second-order valence-electron chi connectivity index (χ2n) is 23.1. The first kappa shape index (κ1) is 55.3. The number of hydrogen-bond acceptors (Lipinski definition) is 0. The van der Waals surface area contributed by atoms with Gasteiger partial charge in [0.25, 0.3) is 0 Å². The van der Waals surface area contributed by atoms with Crippen molar-refractivity contribution >= 4 is 49.3 Å². The van der Waals surface area contributed by atoms with Crippen molar-refractivity contribution in [2.75, 3.05) is 0 Å². The maximum atomic E-state index is 15.9. The van der Waals surface area contributed by atoms with Crippen LogP contribution in [0.15, 0.2) is 200 Å². The van der Waals surface area contributed by atoms with Gasteiger partial charge >= 0.3 is 12.4 Å². The molecule has 86 heavy (non-hydrogen) atoms. The molecule has 11 aromatic carbocycles. The maximum Gasteiger partial charge on any atom is 0.417 e. The van der Waals surface area contributed by atoms with Gasteiger partial charge in [0.1, 0.15) is 0 Å². The van der Waals surface area contributed by atoms with E-state index in [1.807, 2.05) is 77.6 Å². The minimum atomic E-state index is -5.23. The summed E-state index contributed by atoms with van der Waals surface area (Å²) in [6, 6.07) is 61.9. The van der Waals surface area contributed by atoms with Crippen LogP contribution < -0.4 is 0 Å². The van der Waals surface area contributed by atoms with Gasteiger partial charge < -0.3 is 9.13 Å². The fourth-order valence-electron chi connectivity index (χ4n) is 13.4. The van der Waals surface area contributed by atoms with E-state index in [9.17, 15) is 0 Å². The molecule has 0 unspecified atom stereocenters. The van der Waals surface area contributed by atoms with E-state index in [1.54, 1.807) is 18.2 Å². The summed E-state index contributed by atoms with van der Waals surface area (Å²) in [5, 5.41) is 3.35. The van der Waals surface area contributed by atoms with Crippen molar-refractivity contribution in [1.29, 1.82) is 0 Å². The molecule has 2 aromatic heterocycles. The molecule has 3 nitrogen and oxygen atoms in total. The first-order valence-corrected chi connectivity index (χ1v) is 28.6. The molecule has 422 valence electrons. The Labute approximate surface area is 495 Å². The van der Waals surface area contributed by atoms with E-state index in [2.05, 4.69) is 143 Å². The average molecular weight is 1140 g/mol. The summed E-state index contributed by atoms with van der Waals surface area (Å²) < 4.78 is 99.1. The van der Waals surface area contributed by atoms with E-state index in [-0.39, 0.29) is 28.1 Å². The lowest BCUT2D eigenvalue weighted by molar-refractivity contribution is -0.142. The number of aryl methyl sites for hydroxylation is 8. The lowest BCUT2D eigenvalue weighted by Crippen LogP contribution is -2.15. The summed E-state index contributed by atoms with van der Waals surface area (Å²) in [4.78, 5) is 4.14. The molecule has 9 heteroatoms. The van der Waals surface area contributed by atoms with Crippen LogP contribution in [0.4, 0.5) is 32.0 Å². The molecule has 2 heterocycles. The molecule has 0 atom stereocenters. The van der Waals surface area contributed by atoms with E-state index in [1.165, 1.54) is 12.1 Å². The summed E-state index contributed by atoms with van der Waals surface area (Å²) in [6.07, 6.45) is -10.5. The Morgan fingerprint density at radius 1 is 0.314 bits per heavy atom. The fraction of sp³-hybridized carbons (Fsp3) is 0.130. The number of benzene rings is 11. The number of aromatic nitrogens is 2. The van der Waals surface area contributed by atoms with E-state index in [0.717, 1.165) is 128 Å². The van der Waals surface area contributed by atoms with Crippen molar-refractivity contribution in [3.63, 3.8) is 0 Å². The molecule has 0 saturated carbocycles. The van der Waals surface area contributed by atoms with Gasteiger partial charge in [0.05, 0.1) is 45.5 Å². The van der Waals surface area contributed by atoms with Crippen LogP contribution in [0, 0.1) is 62.0 Å². The molecule has 0 amide bonds. The topological polar surface area (TPSA) is 14.2 Å². The Balaban J connectivity index is 1.19. The molecule has 13 aromatic rings. The molecule has 0 radical (unpaired) electrons. The third-order valence-corrected chi connectivity index (χ3v) is 17.2. The third-order valence-electron chi connectivity index (χ3n) is 17.2. The SMILES string of the molecule is [C-]#[N+]c1cccc(-n2c3ccc(-c4ccc(C)cc4C)cc3c3cc(-c4ccc(C)cc4C)ccc32)c1-c1c(-c2c(C(F)(F)F)cccc2C(F)(F)F)cccc1-n1c2ccc(-c3ccc(C)cc3C)cc2c2cc(-c3ccc(C)cc3C)ccc21. The van der Waals surface area contributed by atoms with Gasteiger partial charge in [-0.3, -0.25) is 0 Å². The zero-order chi connectivity index (χ0) is 60.2. The van der Waals surface area contributed by atoms with Crippen molar-refractivity contribution < 1.29 is 26.3 Å². The third kappa shape index (κ3) is 9.32. The molecule has 0 N–H and O–H groups in total. The van der Waals surface area contributed by atoms with E-state index in [4.69, 9.17) is 6.57 Å². The Kier molecular flexibility index (Phi) is 13.3. The lowest BCUT2D eigenvalue weighted by Gasteiger charge is -2.26. The van der Waals surface area contributed by atoms with Gasteiger partial charge in [-0.25, -0.2) is 4.85 Å². The van der Waals surface area contributed by atoms with Gasteiger partial charge in [-0.2, -0.15) is 26.3 Å². The molecular weight excluding hydrogens is 1080 g/mol. The molecule has 0 aliphatic carbocycles. The van der Waals surface area contributed by atoms with Crippen LogP contribution in [-0.2, 0) is 12.4 Å². The molecule has 0 aliphatic heterocycles. The Morgan fingerprint density at radius 2 is 0.628 bits per heavy atom. The predicted molar refractivity (Wildman–Crippen MR) is 342 cm³/mol. The van der Waals surface area contributed by atoms with E-state index >= 15 is 26.3 Å². The molecular formula is C77H57F6N3. The number of alkyl halides is 6. The van der Waals surface area contributed by atoms with E-state index in [0.29, 0.717) is 28.9 Å². The quantitative estimate of drug-likeness (QED) is 0.106. The Morgan fingerprint density at radius 3 is 0.942 bits per heavy atom. The van der Waals surface area contributed by atoms with Crippen LogP contribution in [0.3, 0.4) is 0 Å². The van der Waals surface area contributed by atoms with Crippen LogP contribution in [0.25, 0.3) is 127 Å². The highest BCUT2D eigenvalue weighted by atomic mass is 19.4. The van der Waals surface area contributed by atoms with Gasteiger partial charge in [0.15, 0.2) is 5.69 Å². The highest BCUT2D eigenvalue weighted by molar-refractivity contribution is 6.15. The normalized spacial score (nSPS) is 12.1. The number of halogens is 6. The minimum absolute atomic E-state index is 0.0146. The average Bonchev–Trinajstić information content (AvgIpc) is 1.49. The van der Waals surface area contributed by atoms with Crippen LogP contribution in [0.1, 0.15) is 55.6 Å². The molecule has 0 aliphatic rings. The number of hydrogen-bond donors (Lipinski definition) is 0. The first-order chi connectivity index (χ1) is 41.2. The summed E-state index contributed by atoms with van der Waals surface area (Å²) in [7, 11) is 0. The molecule has 0 saturated heterocycles. The maximum absolute atomic E-state index is 15.9. The zero-order valence-corrected chi connectivity index (χ0v) is 48.7. The van der Waals surface area contributed by atoms with Gasteiger partial charge in [-0.1, -0.05) is 150 Å². The largest absolute Gasteiger partial charge is 0.417 e. The van der Waals surface area contributed by atoms with Gasteiger partial charge in [-0.15, -0.1) is 0 Å². The van der Waals surface area contributed by atoms with Crippen molar-refractivity contribution in [3.05, 3.63) is 267 Å². The molecule has 13 rings (SSSR count). The number of fused-ring (bicyclic) bond motifs is 6. The van der Waals surface area contributed by atoms with Gasteiger partial charge in [0, 0.05) is 43.9 Å². The predicted octanol–water partition coefficient (Wildman–Crippen LogP) is 22.9. The standard InChI is InChI=1S/C77H57F6N3/c1-43-19-27-55(47(5)35-43)51-23-31-67-60(39-51)61-40-52(56-28-20-44(2)36-48(56)6)24-32-68(61)85(67)71-17-10-13-59(73-64(76(78,79)80)14-11-15-65(73)77(81,82)83)74(71)75-66(84-9)16-12-18-72(75)86-69-33-25-53(57-29-21-45(3)37-49(57)7)41-62(69)63-42-54(26-34-70(63)86)58-30-22-46(4)38-50(58)8/h10-42H,1-8H3. The monoisotopic (exact) mass is 1140 g/mol. The Bertz CT molecular complexity index is 4770. The number of nitrogens with zero attached hydrogens (tertiary/aromatic N) is 3.